The van der Waals surface area contributed by atoms with E-state index in [0.717, 1.165) is 17.9 Å². The fraction of sp³-hybridized carbons (Fsp3) is 0.375. The number of benzene rings is 1. The molecule has 0 fully saturated rings. The average molecular weight is 272 g/mol. The highest BCUT2D eigenvalue weighted by atomic mass is 16.5. The largest absolute Gasteiger partial charge is 0.487 e. The number of hydrogen-bond donors (Lipinski definition) is 0. The van der Waals surface area contributed by atoms with E-state index in [-0.39, 0.29) is 5.78 Å². The smallest absolute Gasteiger partial charge is 0.166 e. The third-order valence-electron chi connectivity index (χ3n) is 3.17. The van der Waals surface area contributed by atoms with E-state index in [1.807, 2.05) is 55.8 Å². The first-order chi connectivity index (χ1) is 9.65. The summed E-state index contributed by atoms with van der Waals surface area (Å²) in [4.78, 5) is 11.9. The van der Waals surface area contributed by atoms with Gasteiger partial charge < -0.3 is 4.74 Å². The topological polar surface area (TPSA) is 44.1 Å². The second kappa shape index (κ2) is 6.37. The molecule has 4 heteroatoms. The van der Waals surface area contributed by atoms with Crippen LogP contribution in [-0.4, -0.2) is 15.6 Å². The summed E-state index contributed by atoms with van der Waals surface area (Å²) in [6.07, 6.45) is 0.479. The highest BCUT2D eigenvalue weighted by molar-refractivity contribution is 5.98. The molecular weight excluding hydrogens is 252 g/mol. The molecule has 0 saturated carbocycles. The van der Waals surface area contributed by atoms with Gasteiger partial charge in [-0.05, 0) is 32.0 Å². The number of nitrogens with zero attached hydrogens (tertiary/aromatic N) is 2. The third kappa shape index (κ3) is 3.07. The summed E-state index contributed by atoms with van der Waals surface area (Å²) >= 11 is 0. The summed E-state index contributed by atoms with van der Waals surface area (Å²) in [5.41, 5.74) is 2.64. The predicted molar refractivity (Wildman–Crippen MR) is 78.0 cm³/mol. The van der Waals surface area contributed by atoms with Crippen molar-refractivity contribution in [2.75, 3.05) is 0 Å². The van der Waals surface area contributed by atoms with Crippen LogP contribution in [0.4, 0.5) is 0 Å². The summed E-state index contributed by atoms with van der Waals surface area (Å²) in [6, 6.07) is 9.39. The molecule has 0 saturated heterocycles. The summed E-state index contributed by atoms with van der Waals surface area (Å²) < 4.78 is 7.74. The molecule has 106 valence electrons. The zero-order chi connectivity index (χ0) is 14.5. The zero-order valence-corrected chi connectivity index (χ0v) is 12.2. The van der Waals surface area contributed by atoms with E-state index in [1.165, 1.54) is 0 Å². The Labute approximate surface area is 119 Å². The molecule has 0 N–H and O–H groups in total. The van der Waals surface area contributed by atoms with Crippen molar-refractivity contribution >= 4 is 5.78 Å². The first-order valence-corrected chi connectivity index (χ1v) is 6.94. The van der Waals surface area contributed by atoms with Crippen molar-refractivity contribution < 1.29 is 9.53 Å². The van der Waals surface area contributed by atoms with Crippen LogP contribution in [0, 0.1) is 6.92 Å². The molecule has 0 unspecified atom stereocenters. The molecule has 1 aromatic carbocycles. The first-order valence-electron chi connectivity index (χ1n) is 6.94. The van der Waals surface area contributed by atoms with Crippen molar-refractivity contribution in [2.45, 2.75) is 40.3 Å². The van der Waals surface area contributed by atoms with Gasteiger partial charge in [-0.2, -0.15) is 5.10 Å². The van der Waals surface area contributed by atoms with Crippen molar-refractivity contribution in [3.05, 3.63) is 47.3 Å². The number of aryl methyl sites for hydroxylation is 2. The SMILES string of the molecule is CCC(=O)c1ccccc1OCc1cc(C)nn1CC. The first kappa shape index (κ1) is 14.3. The Balaban J connectivity index is 2.16. The highest BCUT2D eigenvalue weighted by Crippen LogP contribution is 2.21. The molecule has 0 radical (unpaired) electrons. The molecular formula is C16H20N2O2. The molecule has 0 aliphatic carbocycles. The monoisotopic (exact) mass is 272 g/mol. The minimum Gasteiger partial charge on any atom is -0.487 e. The van der Waals surface area contributed by atoms with Crippen LogP contribution in [0.25, 0.3) is 0 Å². The molecule has 0 atom stereocenters. The number of ether oxygens (including phenoxy) is 1. The van der Waals surface area contributed by atoms with Crippen molar-refractivity contribution in [1.29, 1.82) is 0 Å². The van der Waals surface area contributed by atoms with Crippen LogP contribution in [0.5, 0.6) is 5.75 Å². The quantitative estimate of drug-likeness (QED) is 0.757. The van der Waals surface area contributed by atoms with Gasteiger partial charge in [0.15, 0.2) is 5.78 Å². The number of carbonyl (C=O) groups excluding carboxylic acids is 1. The third-order valence-corrected chi connectivity index (χ3v) is 3.17. The standard InChI is InChI=1S/C16H20N2O2/c1-4-15(19)14-8-6-7-9-16(14)20-11-13-10-12(3)17-18(13)5-2/h6-10H,4-5,11H2,1-3H3. The van der Waals surface area contributed by atoms with Gasteiger partial charge in [0, 0.05) is 13.0 Å². The van der Waals surface area contributed by atoms with Crippen molar-refractivity contribution in [3.63, 3.8) is 0 Å². The fourth-order valence-electron chi connectivity index (χ4n) is 2.15. The predicted octanol–water partition coefficient (Wildman–Crippen LogP) is 3.38. The van der Waals surface area contributed by atoms with Gasteiger partial charge in [-0.3, -0.25) is 9.48 Å². The molecule has 2 rings (SSSR count). The Bertz CT molecular complexity index is 602. The van der Waals surface area contributed by atoms with Crippen molar-refractivity contribution in [2.24, 2.45) is 0 Å². The summed E-state index contributed by atoms with van der Waals surface area (Å²) in [5, 5.41) is 4.38. The number of hydrogen-bond acceptors (Lipinski definition) is 3. The van der Waals surface area contributed by atoms with Gasteiger partial charge in [-0.15, -0.1) is 0 Å². The number of rotatable bonds is 6. The molecule has 4 nitrogen and oxygen atoms in total. The number of carbonyl (C=O) groups is 1. The van der Waals surface area contributed by atoms with E-state index in [4.69, 9.17) is 4.74 Å². The van der Waals surface area contributed by atoms with Crippen LogP contribution in [0.15, 0.2) is 30.3 Å². The van der Waals surface area contributed by atoms with Crippen LogP contribution in [0.3, 0.4) is 0 Å². The van der Waals surface area contributed by atoms with Gasteiger partial charge in [0.05, 0.1) is 17.0 Å². The minimum atomic E-state index is 0.0979. The lowest BCUT2D eigenvalue weighted by atomic mass is 10.1. The Morgan fingerprint density at radius 2 is 2.05 bits per heavy atom. The molecule has 0 bridgehead atoms. The minimum absolute atomic E-state index is 0.0979. The van der Waals surface area contributed by atoms with Crippen LogP contribution in [-0.2, 0) is 13.2 Å². The van der Waals surface area contributed by atoms with E-state index in [1.54, 1.807) is 0 Å². The fourth-order valence-corrected chi connectivity index (χ4v) is 2.15. The molecule has 0 aliphatic heterocycles. The number of aromatic nitrogens is 2. The van der Waals surface area contributed by atoms with E-state index >= 15 is 0 Å². The van der Waals surface area contributed by atoms with E-state index in [9.17, 15) is 4.79 Å². The summed E-state index contributed by atoms with van der Waals surface area (Å²) in [6.45, 7) is 7.09. The second-order valence-electron chi connectivity index (χ2n) is 4.65. The van der Waals surface area contributed by atoms with E-state index in [0.29, 0.717) is 24.3 Å². The Morgan fingerprint density at radius 1 is 1.30 bits per heavy atom. The lowest BCUT2D eigenvalue weighted by Gasteiger charge is -2.11. The van der Waals surface area contributed by atoms with Gasteiger partial charge in [-0.25, -0.2) is 0 Å². The Morgan fingerprint density at radius 3 is 2.75 bits per heavy atom. The zero-order valence-electron chi connectivity index (χ0n) is 12.2. The Kier molecular flexibility index (Phi) is 4.56. The van der Waals surface area contributed by atoms with Gasteiger partial charge in [0.1, 0.15) is 12.4 Å². The molecule has 1 heterocycles. The highest BCUT2D eigenvalue weighted by Gasteiger charge is 2.11. The maximum Gasteiger partial charge on any atom is 0.166 e. The molecule has 0 spiro atoms. The number of para-hydroxylation sites is 1. The number of ketones is 1. The molecule has 20 heavy (non-hydrogen) atoms. The Hall–Kier alpha value is -2.10. The van der Waals surface area contributed by atoms with Crippen molar-refractivity contribution in [1.82, 2.24) is 9.78 Å². The second-order valence-corrected chi connectivity index (χ2v) is 4.65. The normalized spacial score (nSPS) is 10.6. The van der Waals surface area contributed by atoms with Crippen LogP contribution < -0.4 is 4.74 Å². The van der Waals surface area contributed by atoms with E-state index < -0.39 is 0 Å². The van der Waals surface area contributed by atoms with Crippen LogP contribution in [0.2, 0.25) is 0 Å². The van der Waals surface area contributed by atoms with Gasteiger partial charge in [-0.1, -0.05) is 19.1 Å². The molecule has 0 aliphatic rings. The molecule has 1 aromatic heterocycles. The van der Waals surface area contributed by atoms with Gasteiger partial charge >= 0.3 is 0 Å². The van der Waals surface area contributed by atoms with Gasteiger partial charge in [0.2, 0.25) is 0 Å². The number of Topliss-reactive ketones (excluding diaryl/α,β-unsaturated/α-hetero) is 1. The van der Waals surface area contributed by atoms with Gasteiger partial charge in [0.25, 0.3) is 0 Å². The maximum atomic E-state index is 11.9. The van der Waals surface area contributed by atoms with Crippen LogP contribution >= 0.6 is 0 Å². The maximum absolute atomic E-state index is 11.9. The molecule has 2 aromatic rings. The summed E-state index contributed by atoms with van der Waals surface area (Å²) in [5.74, 6) is 0.738. The summed E-state index contributed by atoms with van der Waals surface area (Å²) in [7, 11) is 0. The average Bonchev–Trinajstić information content (AvgIpc) is 2.84. The molecule has 0 amide bonds. The van der Waals surface area contributed by atoms with E-state index in [2.05, 4.69) is 5.10 Å². The lowest BCUT2D eigenvalue weighted by Crippen LogP contribution is -2.08. The lowest BCUT2D eigenvalue weighted by molar-refractivity contribution is 0.0983. The van der Waals surface area contributed by atoms with Crippen LogP contribution in [0.1, 0.15) is 42.0 Å². The van der Waals surface area contributed by atoms with Crippen molar-refractivity contribution in [3.8, 4) is 5.75 Å².